The van der Waals surface area contributed by atoms with Gasteiger partial charge in [-0.3, -0.25) is 14.5 Å². The summed E-state index contributed by atoms with van der Waals surface area (Å²) in [7, 11) is -3.98. The molecule has 4 atom stereocenters. The summed E-state index contributed by atoms with van der Waals surface area (Å²) >= 11 is 6.37. The van der Waals surface area contributed by atoms with Gasteiger partial charge in [-0.05, 0) is 94.5 Å². The Hall–Kier alpha value is -4.11. The number of nitrogens with zero attached hydrogens (tertiary/aromatic N) is 4. The number of nitrogens with one attached hydrogen (secondary N) is 2. The molecule has 2 aromatic rings. The van der Waals surface area contributed by atoms with Gasteiger partial charge in [-0.2, -0.15) is 18.4 Å². The standard InChI is InChI=1S/C36H44ClF3N6O7S/c1-22-20-44(14-15-46(22)33(48)36(38,39)40)30-18-28-23(19-41)16-24(37)17-29(28)32(30)52-26-7-9-27(10-8-26)54(50,51)43-25-11-13-45(21-25)31(47)6-5-12-42-34(49)53-35(2,3)4/h7-10,16-17,22,25,30,32,43H,5-6,11-15,18,20-21H2,1-4H3,(H,42,49)/t22-,25+,30+,32+/m1/s1. The number of fused-ring (bicyclic) bond motifs is 1. The first-order chi connectivity index (χ1) is 25.3. The Labute approximate surface area is 317 Å². The fraction of sp³-hybridized carbons (Fsp3) is 0.556. The molecule has 0 bridgehead atoms. The molecule has 2 aromatic carbocycles. The van der Waals surface area contributed by atoms with Crippen LogP contribution in [0.5, 0.6) is 5.75 Å². The molecule has 0 aromatic heterocycles. The summed E-state index contributed by atoms with van der Waals surface area (Å²) in [5.74, 6) is -1.72. The second-order valence-corrected chi connectivity index (χ2v) is 16.9. The van der Waals surface area contributed by atoms with E-state index in [9.17, 15) is 41.2 Å². The molecule has 13 nitrogen and oxygen atoms in total. The van der Waals surface area contributed by atoms with Crippen LogP contribution in [0.25, 0.3) is 0 Å². The highest BCUT2D eigenvalue weighted by atomic mass is 35.5. The summed E-state index contributed by atoms with van der Waals surface area (Å²) < 4.78 is 80.6. The number of likely N-dealkylation sites (tertiary alicyclic amines) is 1. The van der Waals surface area contributed by atoms with Gasteiger partial charge in [0.2, 0.25) is 15.9 Å². The van der Waals surface area contributed by atoms with Crippen LogP contribution in [0.1, 0.15) is 69.8 Å². The number of carbonyl (C=O) groups excluding carboxylic acids is 3. The number of halogens is 4. The quantitative estimate of drug-likeness (QED) is 0.329. The maximum atomic E-state index is 13.3. The van der Waals surface area contributed by atoms with E-state index >= 15 is 0 Å². The van der Waals surface area contributed by atoms with Crippen molar-refractivity contribution in [3.05, 3.63) is 58.1 Å². The van der Waals surface area contributed by atoms with Crippen LogP contribution in [0.15, 0.2) is 41.3 Å². The number of sulfonamides is 1. The number of ether oxygens (including phenoxy) is 2. The molecule has 2 N–H and O–H groups in total. The van der Waals surface area contributed by atoms with Gasteiger partial charge < -0.3 is 24.6 Å². The molecule has 5 rings (SSSR count). The third-order valence-corrected chi connectivity index (χ3v) is 11.3. The zero-order chi connectivity index (χ0) is 39.6. The molecule has 2 saturated heterocycles. The van der Waals surface area contributed by atoms with Gasteiger partial charge in [0, 0.05) is 62.8 Å². The molecule has 0 saturated carbocycles. The molecule has 2 aliphatic heterocycles. The Morgan fingerprint density at radius 3 is 2.39 bits per heavy atom. The number of rotatable bonds is 10. The first kappa shape index (κ1) is 41.1. The largest absolute Gasteiger partial charge is 0.484 e. The lowest BCUT2D eigenvalue weighted by atomic mass is 10.0. The number of alkyl halides is 3. The van der Waals surface area contributed by atoms with Crippen LogP contribution in [-0.4, -0.2) is 110 Å². The van der Waals surface area contributed by atoms with E-state index in [0.717, 1.165) is 4.90 Å². The average molecular weight is 797 g/mol. The number of alkyl carbamates (subject to hydrolysis) is 1. The number of amides is 3. The molecule has 1 aliphatic carbocycles. The van der Waals surface area contributed by atoms with Crippen molar-refractivity contribution in [3.8, 4) is 11.8 Å². The van der Waals surface area contributed by atoms with Crippen molar-refractivity contribution in [2.75, 3.05) is 39.3 Å². The van der Waals surface area contributed by atoms with Crippen LogP contribution in [0.4, 0.5) is 18.0 Å². The Bertz CT molecular complexity index is 1880. The maximum absolute atomic E-state index is 13.3. The molecule has 2 fully saturated rings. The number of nitriles is 1. The van der Waals surface area contributed by atoms with Gasteiger partial charge in [-0.15, -0.1) is 0 Å². The summed E-state index contributed by atoms with van der Waals surface area (Å²) in [5.41, 5.74) is 1.06. The van der Waals surface area contributed by atoms with Crippen LogP contribution in [-0.2, 0) is 30.8 Å². The predicted molar refractivity (Wildman–Crippen MR) is 191 cm³/mol. The Morgan fingerprint density at radius 2 is 1.76 bits per heavy atom. The topological polar surface area (TPSA) is 161 Å². The average Bonchev–Trinajstić information content (AvgIpc) is 3.69. The number of hydrogen-bond acceptors (Lipinski definition) is 9. The lowest BCUT2D eigenvalue weighted by molar-refractivity contribution is -0.190. The van der Waals surface area contributed by atoms with Crippen LogP contribution in [0, 0.1) is 11.3 Å². The van der Waals surface area contributed by atoms with Gasteiger partial charge in [0.15, 0.2) is 0 Å². The van der Waals surface area contributed by atoms with Crippen LogP contribution >= 0.6 is 11.6 Å². The van der Waals surface area contributed by atoms with Crippen LogP contribution < -0.4 is 14.8 Å². The molecule has 3 amide bonds. The third-order valence-electron chi connectivity index (χ3n) is 9.57. The molecular weight excluding hydrogens is 753 g/mol. The van der Waals surface area contributed by atoms with E-state index in [1.807, 2.05) is 4.90 Å². The van der Waals surface area contributed by atoms with Crippen LogP contribution in [0.2, 0.25) is 5.02 Å². The summed E-state index contributed by atoms with van der Waals surface area (Å²) in [5, 5.41) is 12.8. The van der Waals surface area contributed by atoms with Crippen molar-refractivity contribution in [3.63, 3.8) is 0 Å². The molecule has 3 aliphatic rings. The highest BCUT2D eigenvalue weighted by Crippen LogP contribution is 2.42. The Balaban J connectivity index is 1.21. The van der Waals surface area contributed by atoms with Gasteiger partial charge >= 0.3 is 18.2 Å². The minimum Gasteiger partial charge on any atom is -0.484 e. The fourth-order valence-electron chi connectivity index (χ4n) is 7.09. The van der Waals surface area contributed by atoms with E-state index < -0.39 is 58.0 Å². The summed E-state index contributed by atoms with van der Waals surface area (Å²) in [6.07, 6.45) is -4.90. The number of hydrogen-bond donors (Lipinski definition) is 2. The first-order valence-electron chi connectivity index (χ1n) is 17.6. The van der Waals surface area contributed by atoms with E-state index in [1.54, 1.807) is 44.7 Å². The van der Waals surface area contributed by atoms with E-state index in [4.69, 9.17) is 21.1 Å². The van der Waals surface area contributed by atoms with Crippen molar-refractivity contribution in [1.29, 1.82) is 5.26 Å². The second-order valence-electron chi connectivity index (χ2n) is 14.7. The Morgan fingerprint density at radius 1 is 1.06 bits per heavy atom. The third kappa shape index (κ3) is 9.95. The number of benzene rings is 2. The highest BCUT2D eigenvalue weighted by Gasteiger charge is 2.47. The Kier molecular flexibility index (Phi) is 12.4. The van der Waals surface area contributed by atoms with E-state index in [2.05, 4.69) is 16.1 Å². The molecule has 0 radical (unpaired) electrons. The molecular formula is C36H44ClF3N6O7S. The summed E-state index contributed by atoms with van der Waals surface area (Å²) in [6, 6.07) is 9.50. The van der Waals surface area contributed by atoms with Crippen molar-refractivity contribution in [2.45, 2.75) is 94.3 Å². The molecule has 294 valence electrons. The van der Waals surface area contributed by atoms with Gasteiger partial charge in [-0.25, -0.2) is 17.9 Å². The summed E-state index contributed by atoms with van der Waals surface area (Å²) in [6.45, 7) is 7.77. The zero-order valence-corrected chi connectivity index (χ0v) is 32.0. The maximum Gasteiger partial charge on any atom is 0.471 e. The van der Waals surface area contributed by atoms with Gasteiger partial charge in [-0.1, -0.05) is 11.6 Å². The second kappa shape index (κ2) is 16.3. The minimum atomic E-state index is -4.99. The van der Waals surface area contributed by atoms with Crippen molar-refractivity contribution in [1.82, 2.24) is 24.7 Å². The zero-order valence-electron chi connectivity index (χ0n) is 30.4. The van der Waals surface area contributed by atoms with Crippen molar-refractivity contribution < 1.29 is 45.4 Å². The lowest BCUT2D eigenvalue weighted by Gasteiger charge is -2.43. The van der Waals surface area contributed by atoms with Crippen molar-refractivity contribution in [2.24, 2.45) is 0 Å². The van der Waals surface area contributed by atoms with Gasteiger partial charge in [0.1, 0.15) is 17.5 Å². The monoisotopic (exact) mass is 796 g/mol. The van der Waals surface area contributed by atoms with E-state index in [0.29, 0.717) is 53.3 Å². The minimum absolute atomic E-state index is 0.0229. The van der Waals surface area contributed by atoms with E-state index in [-0.39, 0.29) is 49.9 Å². The molecule has 0 unspecified atom stereocenters. The number of piperazine rings is 1. The number of carbonyl (C=O) groups is 3. The molecule has 54 heavy (non-hydrogen) atoms. The SMILES string of the molecule is C[C@@H]1CN([C@H]2Cc3c(C#N)cc(Cl)cc3[C@@H]2Oc2ccc(S(=O)(=O)N[C@H]3CCN(C(=O)CCCNC(=O)OC(C)(C)C)C3)cc2)CCN1C(=O)C(F)(F)F. The smallest absolute Gasteiger partial charge is 0.471 e. The van der Waals surface area contributed by atoms with E-state index in [1.165, 1.54) is 24.3 Å². The highest BCUT2D eigenvalue weighted by molar-refractivity contribution is 7.89. The normalized spacial score (nSPS) is 22.1. The molecule has 0 spiro atoms. The molecule has 2 heterocycles. The van der Waals surface area contributed by atoms with Crippen LogP contribution in [0.3, 0.4) is 0 Å². The predicted octanol–water partition coefficient (Wildman–Crippen LogP) is 4.54. The summed E-state index contributed by atoms with van der Waals surface area (Å²) in [4.78, 5) is 40.9. The lowest BCUT2D eigenvalue weighted by Crippen LogP contribution is -2.59. The van der Waals surface area contributed by atoms with Gasteiger partial charge in [0.05, 0.1) is 22.6 Å². The fourth-order valence-corrected chi connectivity index (χ4v) is 8.58. The van der Waals surface area contributed by atoms with Crippen molar-refractivity contribution >= 4 is 39.5 Å². The van der Waals surface area contributed by atoms with Gasteiger partial charge in [0.25, 0.3) is 0 Å². The first-order valence-corrected chi connectivity index (χ1v) is 19.5. The molecule has 18 heteroatoms.